The van der Waals surface area contributed by atoms with Gasteiger partial charge in [0.1, 0.15) is 0 Å². The number of rotatable bonds is 4. The van der Waals surface area contributed by atoms with Crippen molar-refractivity contribution in [2.45, 2.75) is 58.0 Å². The minimum Gasteiger partial charge on any atom is -0.307 e. The van der Waals surface area contributed by atoms with Gasteiger partial charge >= 0.3 is 0 Å². The van der Waals surface area contributed by atoms with Crippen molar-refractivity contribution in [2.24, 2.45) is 5.92 Å². The largest absolute Gasteiger partial charge is 0.307 e. The molecule has 2 rings (SSSR count). The number of nitrogens with one attached hydrogen (secondary N) is 1. The van der Waals surface area contributed by atoms with Crippen LogP contribution >= 0.6 is 11.6 Å². The molecule has 100 valence electrons. The lowest BCUT2D eigenvalue weighted by molar-refractivity contribution is 0.268. The maximum Gasteiger partial charge on any atom is 0.0409 e. The molecule has 0 aromatic heterocycles. The van der Waals surface area contributed by atoms with E-state index in [1.165, 1.54) is 37.7 Å². The number of hydrogen-bond donors (Lipinski definition) is 1. The van der Waals surface area contributed by atoms with Crippen molar-refractivity contribution in [3.63, 3.8) is 0 Å². The van der Waals surface area contributed by atoms with Crippen LogP contribution in [0.5, 0.6) is 0 Å². The van der Waals surface area contributed by atoms with Crippen molar-refractivity contribution >= 4 is 11.6 Å². The Kier molecular flexibility index (Phi) is 5.08. The predicted octanol–water partition coefficient (Wildman–Crippen LogP) is 4.96. The molecule has 2 atom stereocenters. The van der Waals surface area contributed by atoms with Crippen LogP contribution in [-0.2, 0) is 0 Å². The third-order valence-electron chi connectivity index (χ3n) is 4.22. The van der Waals surface area contributed by atoms with Crippen LogP contribution in [0.4, 0.5) is 0 Å². The van der Waals surface area contributed by atoms with Crippen LogP contribution in [0.2, 0.25) is 5.02 Å². The van der Waals surface area contributed by atoms with Crippen molar-refractivity contribution < 1.29 is 0 Å². The molecule has 2 heteroatoms. The van der Waals surface area contributed by atoms with Gasteiger partial charge in [-0.25, -0.2) is 0 Å². The fraction of sp³-hybridized carbons (Fsp3) is 0.625. The average Bonchev–Trinajstić information content (AvgIpc) is 2.39. The molecule has 1 aromatic carbocycles. The highest BCUT2D eigenvalue weighted by atomic mass is 35.5. The molecule has 1 aliphatic carbocycles. The predicted molar refractivity (Wildman–Crippen MR) is 79.0 cm³/mol. The number of benzene rings is 1. The van der Waals surface area contributed by atoms with Gasteiger partial charge in [-0.3, -0.25) is 0 Å². The highest BCUT2D eigenvalue weighted by molar-refractivity contribution is 6.30. The van der Waals surface area contributed by atoms with Gasteiger partial charge in [0.2, 0.25) is 0 Å². The zero-order valence-corrected chi connectivity index (χ0v) is 12.2. The molecule has 1 aromatic rings. The van der Waals surface area contributed by atoms with Crippen LogP contribution in [0, 0.1) is 5.92 Å². The quantitative estimate of drug-likeness (QED) is 0.811. The molecular formula is C16H24ClN. The van der Waals surface area contributed by atoms with Gasteiger partial charge in [-0.15, -0.1) is 0 Å². The summed E-state index contributed by atoms with van der Waals surface area (Å²) in [5.41, 5.74) is 1.28. The fourth-order valence-corrected chi connectivity index (χ4v) is 3.24. The Balaban J connectivity index is 1.91. The standard InChI is InChI=1S/C16H24ClN/c1-12(14-7-4-3-5-8-14)18-13(2)15-9-6-10-16(17)11-15/h6,9-14,18H,3-5,7-8H2,1-2H3/t12-,13?/m0/s1. The van der Waals surface area contributed by atoms with E-state index < -0.39 is 0 Å². The first-order valence-electron chi connectivity index (χ1n) is 7.18. The van der Waals surface area contributed by atoms with Gasteiger partial charge < -0.3 is 5.32 Å². The van der Waals surface area contributed by atoms with E-state index in [2.05, 4.69) is 31.3 Å². The van der Waals surface area contributed by atoms with Crippen LogP contribution < -0.4 is 5.32 Å². The Morgan fingerprint density at radius 2 is 1.89 bits per heavy atom. The SMILES string of the molecule is CC(N[C@@H](C)C1CCCCC1)c1cccc(Cl)c1. The van der Waals surface area contributed by atoms with Crippen LogP contribution in [0.15, 0.2) is 24.3 Å². The second-order valence-electron chi connectivity index (χ2n) is 5.63. The van der Waals surface area contributed by atoms with Crippen LogP contribution in [-0.4, -0.2) is 6.04 Å². The molecule has 0 bridgehead atoms. The van der Waals surface area contributed by atoms with Gasteiger partial charge in [0.25, 0.3) is 0 Å². The Morgan fingerprint density at radius 3 is 2.56 bits per heavy atom. The molecule has 1 N–H and O–H groups in total. The van der Waals surface area contributed by atoms with E-state index in [1.807, 2.05) is 12.1 Å². The molecule has 18 heavy (non-hydrogen) atoms. The lowest BCUT2D eigenvalue weighted by Crippen LogP contribution is -2.36. The summed E-state index contributed by atoms with van der Waals surface area (Å²) in [5, 5.41) is 4.56. The van der Waals surface area contributed by atoms with Crippen molar-refractivity contribution in [2.75, 3.05) is 0 Å². The van der Waals surface area contributed by atoms with Crippen LogP contribution in [0.3, 0.4) is 0 Å². The molecular weight excluding hydrogens is 242 g/mol. The second kappa shape index (κ2) is 6.58. The van der Waals surface area contributed by atoms with E-state index in [-0.39, 0.29) is 0 Å². The van der Waals surface area contributed by atoms with Crippen molar-refractivity contribution in [3.05, 3.63) is 34.9 Å². The minimum absolute atomic E-state index is 0.376. The topological polar surface area (TPSA) is 12.0 Å². The summed E-state index contributed by atoms with van der Waals surface area (Å²) in [6.45, 7) is 4.56. The lowest BCUT2D eigenvalue weighted by atomic mass is 9.84. The van der Waals surface area contributed by atoms with Gasteiger partial charge in [0.05, 0.1) is 0 Å². The Bertz CT molecular complexity index is 371. The molecule has 0 saturated heterocycles. The fourth-order valence-electron chi connectivity index (χ4n) is 3.04. The van der Waals surface area contributed by atoms with E-state index in [9.17, 15) is 0 Å². The maximum atomic E-state index is 6.05. The first-order valence-corrected chi connectivity index (χ1v) is 7.56. The van der Waals surface area contributed by atoms with E-state index >= 15 is 0 Å². The van der Waals surface area contributed by atoms with Gasteiger partial charge in [-0.05, 0) is 50.3 Å². The Labute approximate surface area is 116 Å². The van der Waals surface area contributed by atoms with Crippen molar-refractivity contribution in [1.29, 1.82) is 0 Å². The molecule has 0 heterocycles. The van der Waals surface area contributed by atoms with Gasteiger partial charge in [0, 0.05) is 17.1 Å². The summed E-state index contributed by atoms with van der Waals surface area (Å²) >= 11 is 6.05. The molecule has 1 aliphatic rings. The molecule has 1 saturated carbocycles. The van der Waals surface area contributed by atoms with Crippen molar-refractivity contribution in [1.82, 2.24) is 5.32 Å². The third-order valence-corrected chi connectivity index (χ3v) is 4.45. The first kappa shape index (κ1) is 13.9. The van der Waals surface area contributed by atoms with E-state index in [0.717, 1.165) is 10.9 Å². The summed E-state index contributed by atoms with van der Waals surface area (Å²) in [7, 11) is 0. The Morgan fingerprint density at radius 1 is 1.17 bits per heavy atom. The van der Waals surface area contributed by atoms with Crippen molar-refractivity contribution in [3.8, 4) is 0 Å². The van der Waals surface area contributed by atoms with E-state index in [1.54, 1.807) is 0 Å². The molecule has 0 aliphatic heterocycles. The summed E-state index contributed by atoms with van der Waals surface area (Å²) in [4.78, 5) is 0. The highest BCUT2D eigenvalue weighted by Gasteiger charge is 2.21. The second-order valence-corrected chi connectivity index (χ2v) is 6.07. The molecule has 0 spiro atoms. The summed E-state index contributed by atoms with van der Waals surface area (Å²) in [5.74, 6) is 0.848. The van der Waals surface area contributed by atoms with E-state index in [0.29, 0.717) is 12.1 Å². The minimum atomic E-state index is 0.376. The zero-order valence-electron chi connectivity index (χ0n) is 11.5. The van der Waals surface area contributed by atoms with E-state index in [4.69, 9.17) is 11.6 Å². The lowest BCUT2D eigenvalue weighted by Gasteiger charge is -2.30. The smallest absolute Gasteiger partial charge is 0.0409 e. The summed E-state index contributed by atoms with van der Waals surface area (Å²) in [6.07, 6.45) is 7.00. The normalized spacial score (nSPS) is 20.6. The highest BCUT2D eigenvalue weighted by Crippen LogP contribution is 2.28. The number of halogens is 1. The monoisotopic (exact) mass is 265 g/mol. The van der Waals surface area contributed by atoms with Gasteiger partial charge in [-0.1, -0.05) is 43.0 Å². The van der Waals surface area contributed by atoms with Gasteiger partial charge in [0.15, 0.2) is 0 Å². The molecule has 1 fully saturated rings. The molecule has 0 radical (unpaired) electrons. The van der Waals surface area contributed by atoms with Crippen LogP contribution in [0.1, 0.15) is 57.6 Å². The van der Waals surface area contributed by atoms with Gasteiger partial charge in [-0.2, -0.15) is 0 Å². The summed E-state index contributed by atoms with van der Waals surface area (Å²) < 4.78 is 0. The van der Waals surface area contributed by atoms with Crippen LogP contribution in [0.25, 0.3) is 0 Å². The number of hydrogen-bond acceptors (Lipinski definition) is 1. The zero-order chi connectivity index (χ0) is 13.0. The average molecular weight is 266 g/mol. The first-order chi connectivity index (χ1) is 8.66. The summed E-state index contributed by atoms with van der Waals surface area (Å²) in [6, 6.07) is 9.15. The molecule has 0 amide bonds. The molecule has 1 unspecified atom stereocenters. The Hall–Kier alpha value is -0.530. The molecule has 1 nitrogen and oxygen atoms in total. The third kappa shape index (κ3) is 3.73. The maximum absolute atomic E-state index is 6.05.